The van der Waals surface area contributed by atoms with Crippen LogP contribution in [0.25, 0.3) is 10.9 Å². The van der Waals surface area contributed by atoms with E-state index < -0.39 is 67.7 Å². The molecule has 3 heterocycles. The largest absolute Gasteiger partial charge is 0.480 e. The Kier molecular flexibility index (Phi) is 14.3. The highest BCUT2D eigenvalue weighted by Gasteiger charge is 2.29. The maximum Gasteiger partial charge on any atom is 0.323 e. The lowest BCUT2D eigenvalue weighted by Crippen LogP contribution is -2.49. The molecule has 0 aliphatic carbocycles. The Balaban J connectivity index is 1.37. The summed E-state index contributed by atoms with van der Waals surface area (Å²) in [4.78, 5) is 63.4. The van der Waals surface area contributed by atoms with Crippen LogP contribution in [0.15, 0.2) is 82.1 Å². The van der Waals surface area contributed by atoms with Crippen molar-refractivity contribution in [2.24, 2.45) is 5.11 Å². The number of sulfonamides is 1. The second-order valence-electron chi connectivity index (χ2n) is 14.1. The number of fused-ring (bicyclic) bond motifs is 1. The van der Waals surface area contributed by atoms with E-state index in [0.29, 0.717) is 42.0 Å². The van der Waals surface area contributed by atoms with E-state index >= 15 is 0 Å². The van der Waals surface area contributed by atoms with Gasteiger partial charge < -0.3 is 30.6 Å². The van der Waals surface area contributed by atoms with Crippen molar-refractivity contribution < 1.29 is 40.9 Å². The number of pyridine rings is 2. The number of H-pyrrole nitrogens is 1. The number of carboxylic acid groups (broad SMARTS) is 1. The molecule has 318 valence electrons. The van der Waals surface area contributed by atoms with Crippen LogP contribution in [0.1, 0.15) is 62.2 Å². The molecule has 5 aromatic rings. The van der Waals surface area contributed by atoms with Crippen LogP contribution in [0.4, 0.5) is 11.8 Å². The Hall–Kier alpha value is -6.36. The third-order valence-electron chi connectivity index (χ3n) is 9.36. The first-order valence-corrected chi connectivity index (χ1v) is 21.5. The molecule has 60 heavy (non-hydrogen) atoms. The van der Waals surface area contributed by atoms with Gasteiger partial charge in [-0.3, -0.25) is 23.7 Å². The lowest BCUT2D eigenvalue weighted by molar-refractivity contribution is -0.138. The first-order valence-electron chi connectivity index (χ1n) is 18.4. The van der Waals surface area contributed by atoms with Gasteiger partial charge in [-0.2, -0.15) is 13.1 Å². The Morgan fingerprint density at radius 3 is 2.33 bits per heavy atom. The molecule has 2 unspecified atom stereocenters. The van der Waals surface area contributed by atoms with Crippen LogP contribution in [0.2, 0.25) is 0 Å². The highest BCUT2D eigenvalue weighted by molar-refractivity contribution is 7.89. The maximum atomic E-state index is 13.8. The Morgan fingerprint density at radius 1 is 0.983 bits per heavy atom. The molecule has 2 aromatic carbocycles. The molecule has 0 spiro atoms. The summed E-state index contributed by atoms with van der Waals surface area (Å²) in [6, 6.07) is 8.15. The van der Waals surface area contributed by atoms with E-state index in [2.05, 4.69) is 40.7 Å². The molecule has 3 aromatic heterocycles. The van der Waals surface area contributed by atoms with E-state index in [9.17, 15) is 45.7 Å². The number of aryl methyl sites for hydroxylation is 4. The minimum absolute atomic E-state index is 0.0635. The van der Waals surface area contributed by atoms with Gasteiger partial charge in [0.05, 0.1) is 21.7 Å². The van der Waals surface area contributed by atoms with Crippen molar-refractivity contribution in [2.45, 2.75) is 70.1 Å². The number of carbonyl (C=O) groups excluding carboxylic acids is 2. The molecule has 0 saturated heterocycles. The van der Waals surface area contributed by atoms with E-state index in [-0.39, 0.29) is 40.2 Å². The fourth-order valence-corrected chi connectivity index (χ4v) is 9.13. The zero-order valence-corrected chi connectivity index (χ0v) is 34.4. The number of anilines is 1. The molecule has 0 aliphatic rings. The summed E-state index contributed by atoms with van der Waals surface area (Å²) in [5.74, 6) is -3.39. The van der Waals surface area contributed by atoms with Crippen molar-refractivity contribution in [2.75, 3.05) is 17.6 Å². The number of amides is 2. The van der Waals surface area contributed by atoms with Crippen LogP contribution in [0.3, 0.4) is 0 Å². The third kappa shape index (κ3) is 11.6. The van der Waals surface area contributed by atoms with Gasteiger partial charge in [0, 0.05) is 55.8 Å². The van der Waals surface area contributed by atoms with Crippen LogP contribution in [-0.4, -0.2) is 88.2 Å². The van der Waals surface area contributed by atoms with Crippen LogP contribution in [0.5, 0.6) is 0 Å². The summed E-state index contributed by atoms with van der Waals surface area (Å²) in [7, 11) is -8.87. The highest BCUT2D eigenvalue weighted by atomic mass is 32.2. The van der Waals surface area contributed by atoms with Crippen LogP contribution < -0.4 is 26.1 Å². The fraction of sp³-hybridized carbons (Fsp3) is 0.316. The first-order chi connectivity index (χ1) is 28.3. The summed E-state index contributed by atoms with van der Waals surface area (Å²) < 4.78 is 63.8. The van der Waals surface area contributed by atoms with E-state index in [0.717, 1.165) is 11.1 Å². The van der Waals surface area contributed by atoms with Crippen LogP contribution >= 0.6 is 0 Å². The standard InChI is InChI=1S/C38H44N10O10S2/c1-22-14-23(2)34(24(3)15-22)60(57,58)47-30(37(52)53)19-43-36(51)29-20-48(31-16-25(7-9-28(31)33(29)49)17-44-38-40-11-12-41-38)13-5-4-6-27(21-59(54,55)56)45-35(50)26-8-10-32(46-39)42-18-26/h7-12,14-16,18,20,27,30,39,47H,4-6,13,17,19,21H2,1-3H3,(H,43,51)(H,45,50)(H,52,53)(H2,40,41,44)(H,54,55,56). The molecular formula is C38H44N10O10S2. The van der Waals surface area contributed by atoms with Crippen LogP contribution in [0, 0.1) is 26.3 Å². The number of nitrogens with one attached hydrogen (secondary N) is 6. The number of imidazole rings is 1. The number of aromatic nitrogens is 4. The van der Waals surface area contributed by atoms with Crippen molar-refractivity contribution in [1.29, 1.82) is 5.53 Å². The topological polar surface area (TPSA) is 308 Å². The number of benzene rings is 2. The number of carboxylic acids is 1. The molecule has 20 nitrogen and oxygen atoms in total. The van der Waals surface area contributed by atoms with Gasteiger partial charge in [-0.1, -0.05) is 23.8 Å². The van der Waals surface area contributed by atoms with Gasteiger partial charge in [-0.05, 0) is 81.0 Å². The second kappa shape index (κ2) is 19.1. The average molecular weight is 865 g/mol. The summed E-state index contributed by atoms with van der Waals surface area (Å²) in [6.45, 7) is 4.75. The molecule has 0 bridgehead atoms. The van der Waals surface area contributed by atoms with Crippen molar-refractivity contribution in [3.63, 3.8) is 0 Å². The van der Waals surface area contributed by atoms with E-state index in [1.165, 1.54) is 24.5 Å². The number of aromatic amines is 1. The lowest BCUT2D eigenvalue weighted by Gasteiger charge is -2.19. The van der Waals surface area contributed by atoms with Gasteiger partial charge >= 0.3 is 5.97 Å². The molecular weight excluding hydrogens is 821 g/mol. The summed E-state index contributed by atoms with van der Waals surface area (Å²) in [6.07, 6.45) is 6.41. The quantitative estimate of drug-likeness (QED) is 0.0317. The van der Waals surface area contributed by atoms with E-state index in [1.807, 2.05) is 0 Å². The smallest absolute Gasteiger partial charge is 0.323 e. The molecule has 0 saturated carbocycles. The van der Waals surface area contributed by atoms with Crippen molar-refractivity contribution in [1.82, 2.24) is 34.9 Å². The van der Waals surface area contributed by atoms with Gasteiger partial charge in [0.25, 0.3) is 21.9 Å². The third-order valence-corrected chi connectivity index (χ3v) is 12.0. The average Bonchev–Trinajstić information content (AvgIpc) is 3.70. The summed E-state index contributed by atoms with van der Waals surface area (Å²) in [5, 5.41) is 21.4. The number of carbonyl (C=O) groups is 3. The minimum atomic E-state index is -4.52. The second-order valence-corrected chi connectivity index (χ2v) is 17.2. The number of hydrogen-bond donors (Lipinski definition) is 8. The Labute approximate surface area is 344 Å². The molecule has 8 N–H and O–H groups in total. The first kappa shape index (κ1) is 44.7. The summed E-state index contributed by atoms with van der Waals surface area (Å²) >= 11 is 0. The number of nitrogens with zero attached hydrogens (tertiary/aromatic N) is 4. The molecule has 2 amide bonds. The van der Waals surface area contributed by atoms with Gasteiger partial charge in [-0.15, -0.1) is 5.11 Å². The Bertz CT molecular complexity index is 2660. The molecule has 22 heteroatoms. The Morgan fingerprint density at radius 2 is 1.72 bits per heavy atom. The number of rotatable bonds is 20. The monoisotopic (exact) mass is 864 g/mol. The van der Waals surface area contributed by atoms with Gasteiger partial charge in [0.1, 0.15) is 11.6 Å². The van der Waals surface area contributed by atoms with Gasteiger partial charge in [-0.25, -0.2) is 23.9 Å². The van der Waals surface area contributed by atoms with Crippen LogP contribution in [-0.2, 0) is 38.0 Å². The zero-order valence-electron chi connectivity index (χ0n) is 32.7. The molecule has 0 aliphatic heterocycles. The van der Waals surface area contributed by atoms with Crippen molar-refractivity contribution in [3.8, 4) is 0 Å². The van der Waals surface area contributed by atoms with Crippen molar-refractivity contribution in [3.05, 3.63) is 111 Å². The van der Waals surface area contributed by atoms with E-state index in [1.54, 1.807) is 68.1 Å². The molecule has 5 rings (SSSR count). The minimum Gasteiger partial charge on any atom is -0.480 e. The molecule has 0 radical (unpaired) electrons. The SMILES string of the molecule is Cc1cc(C)c(S(=O)(=O)NC(CNC(=O)c2cn(CCCCC(CS(=O)(=O)O)NC(=O)c3ccc(N=N)nc3)c3cc(CNc4ncc[nH]4)ccc3c2=O)C(=O)O)c(C)c1. The predicted molar refractivity (Wildman–Crippen MR) is 219 cm³/mol. The van der Waals surface area contributed by atoms with E-state index in [4.69, 9.17) is 5.53 Å². The number of unbranched alkanes of at least 4 members (excludes halogenated alkanes) is 1. The fourth-order valence-electron chi connectivity index (χ4n) is 6.73. The lowest BCUT2D eigenvalue weighted by atomic mass is 10.1. The maximum absolute atomic E-state index is 13.8. The number of aliphatic carboxylic acids is 1. The van der Waals surface area contributed by atoms with Gasteiger partial charge in [0.15, 0.2) is 11.8 Å². The predicted octanol–water partition coefficient (Wildman–Crippen LogP) is 3.34. The zero-order chi connectivity index (χ0) is 43.8. The normalized spacial score (nSPS) is 12.7. The molecule has 0 fully saturated rings. The van der Waals surface area contributed by atoms with Gasteiger partial charge in [0.2, 0.25) is 15.5 Å². The number of hydrogen-bond acceptors (Lipinski definition) is 13. The highest BCUT2D eigenvalue weighted by Crippen LogP contribution is 2.22. The summed E-state index contributed by atoms with van der Waals surface area (Å²) in [5.41, 5.74) is 8.91. The molecule has 2 atom stereocenters. The van der Waals surface area contributed by atoms with Crippen molar-refractivity contribution >= 4 is 60.6 Å².